The fourth-order valence-electron chi connectivity index (χ4n) is 2.58. The molecule has 0 amide bonds. The quantitative estimate of drug-likeness (QED) is 0.492. The van der Waals surface area contributed by atoms with Crippen molar-refractivity contribution in [2.45, 2.75) is 12.8 Å². The van der Waals surface area contributed by atoms with Crippen molar-refractivity contribution in [1.82, 2.24) is 19.9 Å². The minimum Gasteiger partial charge on any atom is -0.369 e. The Hall–Kier alpha value is -2.73. The number of hydrogen-bond acceptors (Lipinski definition) is 5. The Kier molecular flexibility index (Phi) is 5.18. The molecule has 0 saturated carbocycles. The molecule has 0 fully saturated rings. The minimum atomic E-state index is 0.640. The Morgan fingerprint density at radius 3 is 2.88 bits per heavy atom. The summed E-state index contributed by atoms with van der Waals surface area (Å²) in [6, 6.07) is 11.3. The van der Waals surface area contributed by atoms with E-state index in [2.05, 4.69) is 20.7 Å². The Morgan fingerprint density at radius 2 is 2.04 bits per heavy atom. The fraction of sp³-hybridized carbons (Fsp3) is 0.278. The molecule has 0 saturated heterocycles. The van der Waals surface area contributed by atoms with E-state index in [0.717, 1.165) is 54.9 Å². The van der Waals surface area contributed by atoms with E-state index in [1.165, 1.54) is 0 Å². The molecule has 3 aromatic rings. The van der Waals surface area contributed by atoms with Crippen LogP contribution in [0.3, 0.4) is 0 Å². The topological polar surface area (TPSA) is 71.3 Å². The summed E-state index contributed by atoms with van der Waals surface area (Å²) < 4.78 is 1.81. The van der Waals surface area contributed by atoms with Gasteiger partial charge in [0.05, 0.1) is 11.9 Å². The molecule has 0 radical (unpaired) electrons. The van der Waals surface area contributed by atoms with Crippen molar-refractivity contribution in [3.05, 3.63) is 48.2 Å². The predicted octanol–water partition coefficient (Wildman–Crippen LogP) is 2.62. The maximum absolute atomic E-state index is 11.0. The lowest BCUT2D eigenvalue weighted by molar-refractivity contribution is 0.112. The van der Waals surface area contributed by atoms with Gasteiger partial charge in [0.25, 0.3) is 0 Å². The molecule has 0 atom stereocenters. The van der Waals surface area contributed by atoms with Gasteiger partial charge in [0.2, 0.25) is 0 Å². The standard InChI is InChI=1S/C18H21N5O/c1-19-9-2-3-10-20-17-7-8-18-21-12-16(23(18)22-17)15-6-4-5-14(11-15)13-24/h4-8,11-13,19H,2-3,9-10H2,1H3,(H,20,22). The summed E-state index contributed by atoms with van der Waals surface area (Å²) in [7, 11) is 1.96. The van der Waals surface area contributed by atoms with E-state index >= 15 is 0 Å². The molecule has 124 valence electrons. The number of rotatable bonds is 8. The van der Waals surface area contributed by atoms with Crippen LogP contribution in [0, 0.1) is 0 Å². The van der Waals surface area contributed by atoms with Crippen molar-refractivity contribution in [2.75, 3.05) is 25.5 Å². The number of imidazole rings is 1. The Labute approximate surface area is 140 Å². The van der Waals surface area contributed by atoms with E-state index in [4.69, 9.17) is 0 Å². The average Bonchev–Trinajstić information content (AvgIpc) is 3.05. The first-order valence-electron chi connectivity index (χ1n) is 8.10. The molecule has 2 aromatic heterocycles. The van der Waals surface area contributed by atoms with Gasteiger partial charge < -0.3 is 10.6 Å². The maximum atomic E-state index is 11.0. The van der Waals surface area contributed by atoms with E-state index in [-0.39, 0.29) is 0 Å². The van der Waals surface area contributed by atoms with Crippen molar-refractivity contribution in [2.24, 2.45) is 0 Å². The van der Waals surface area contributed by atoms with Gasteiger partial charge >= 0.3 is 0 Å². The van der Waals surface area contributed by atoms with Gasteiger partial charge in [-0.25, -0.2) is 9.50 Å². The highest BCUT2D eigenvalue weighted by Crippen LogP contribution is 2.21. The Morgan fingerprint density at radius 1 is 1.17 bits per heavy atom. The van der Waals surface area contributed by atoms with E-state index in [1.54, 1.807) is 16.8 Å². The molecule has 24 heavy (non-hydrogen) atoms. The third-order valence-corrected chi connectivity index (χ3v) is 3.84. The van der Waals surface area contributed by atoms with Crippen molar-refractivity contribution in [1.29, 1.82) is 0 Å². The number of fused-ring (bicyclic) bond motifs is 1. The largest absolute Gasteiger partial charge is 0.369 e. The van der Waals surface area contributed by atoms with Crippen molar-refractivity contribution in [3.63, 3.8) is 0 Å². The van der Waals surface area contributed by atoms with Gasteiger partial charge in [0.1, 0.15) is 12.1 Å². The zero-order valence-electron chi connectivity index (χ0n) is 13.7. The lowest BCUT2D eigenvalue weighted by Crippen LogP contribution is -2.11. The third kappa shape index (κ3) is 3.60. The van der Waals surface area contributed by atoms with Gasteiger partial charge in [0, 0.05) is 17.7 Å². The van der Waals surface area contributed by atoms with Gasteiger partial charge in [-0.15, -0.1) is 5.10 Å². The summed E-state index contributed by atoms with van der Waals surface area (Å²) in [6.07, 6.45) is 4.83. The molecule has 1 aromatic carbocycles. The highest BCUT2D eigenvalue weighted by atomic mass is 16.1. The first kappa shape index (κ1) is 16.1. The number of aromatic nitrogens is 3. The van der Waals surface area contributed by atoms with Crippen molar-refractivity contribution in [3.8, 4) is 11.3 Å². The molecule has 2 N–H and O–H groups in total. The molecule has 6 heteroatoms. The van der Waals surface area contributed by atoms with Crippen molar-refractivity contribution >= 4 is 17.8 Å². The van der Waals surface area contributed by atoms with Crippen LogP contribution in [0.25, 0.3) is 16.9 Å². The highest BCUT2D eigenvalue weighted by molar-refractivity contribution is 5.78. The van der Waals surface area contributed by atoms with Crippen LogP contribution in [0.4, 0.5) is 5.82 Å². The normalized spacial score (nSPS) is 10.9. The average molecular weight is 323 g/mol. The third-order valence-electron chi connectivity index (χ3n) is 3.84. The monoisotopic (exact) mass is 323 g/mol. The van der Waals surface area contributed by atoms with Crippen LogP contribution in [0.2, 0.25) is 0 Å². The Bertz CT molecular complexity index is 827. The number of carbonyl (C=O) groups is 1. The molecule has 0 aliphatic heterocycles. The SMILES string of the molecule is CNCCCCNc1ccc2ncc(-c3cccc(C=O)c3)n2n1. The van der Waals surface area contributed by atoms with E-state index < -0.39 is 0 Å². The second-order valence-electron chi connectivity index (χ2n) is 5.61. The van der Waals surface area contributed by atoms with E-state index in [1.807, 2.05) is 37.4 Å². The number of aldehydes is 1. The summed E-state index contributed by atoms with van der Waals surface area (Å²) in [5, 5.41) is 11.1. The van der Waals surface area contributed by atoms with E-state index in [9.17, 15) is 4.79 Å². The van der Waals surface area contributed by atoms with Gasteiger partial charge in [-0.05, 0) is 44.6 Å². The summed E-state index contributed by atoms with van der Waals surface area (Å²) in [5.74, 6) is 0.817. The second kappa shape index (κ2) is 7.70. The zero-order valence-corrected chi connectivity index (χ0v) is 13.7. The molecule has 3 rings (SSSR count). The first-order valence-corrected chi connectivity index (χ1v) is 8.10. The second-order valence-corrected chi connectivity index (χ2v) is 5.61. The number of benzene rings is 1. The molecular formula is C18H21N5O. The molecule has 0 unspecified atom stereocenters. The number of nitrogens with zero attached hydrogens (tertiary/aromatic N) is 3. The van der Waals surface area contributed by atoms with E-state index in [0.29, 0.717) is 5.56 Å². The lowest BCUT2D eigenvalue weighted by atomic mass is 10.1. The van der Waals surface area contributed by atoms with Crippen molar-refractivity contribution < 1.29 is 4.79 Å². The molecular weight excluding hydrogens is 302 g/mol. The van der Waals surface area contributed by atoms with Gasteiger partial charge in [-0.1, -0.05) is 18.2 Å². The van der Waals surface area contributed by atoms with Crippen LogP contribution in [-0.2, 0) is 0 Å². The number of hydrogen-bond donors (Lipinski definition) is 2. The summed E-state index contributed by atoms with van der Waals surface area (Å²) in [6.45, 7) is 1.90. The Balaban J connectivity index is 1.82. The fourth-order valence-corrected chi connectivity index (χ4v) is 2.58. The van der Waals surface area contributed by atoms with Crippen LogP contribution in [0.15, 0.2) is 42.6 Å². The molecule has 0 aliphatic carbocycles. The highest BCUT2D eigenvalue weighted by Gasteiger charge is 2.08. The number of anilines is 1. The van der Waals surface area contributed by atoms with Crippen LogP contribution < -0.4 is 10.6 Å². The van der Waals surface area contributed by atoms with Gasteiger partial charge in [-0.3, -0.25) is 4.79 Å². The minimum absolute atomic E-state index is 0.640. The zero-order chi connectivity index (χ0) is 16.8. The number of carbonyl (C=O) groups excluding carboxylic acids is 1. The number of unbranched alkanes of at least 4 members (excludes halogenated alkanes) is 1. The van der Waals surface area contributed by atoms with Crippen LogP contribution in [-0.4, -0.2) is 41.0 Å². The van der Waals surface area contributed by atoms with Gasteiger partial charge in [0.15, 0.2) is 5.65 Å². The number of nitrogens with one attached hydrogen (secondary N) is 2. The van der Waals surface area contributed by atoms with Crippen LogP contribution in [0.1, 0.15) is 23.2 Å². The van der Waals surface area contributed by atoms with Crippen LogP contribution in [0.5, 0.6) is 0 Å². The smallest absolute Gasteiger partial charge is 0.154 e. The summed E-state index contributed by atoms with van der Waals surface area (Å²) in [4.78, 5) is 15.4. The molecule has 0 bridgehead atoms. The molecule has 0 spiro atoms. The predicted molar refractivity (Wildman–Crippen MR) is 95.5 cm³/mol. The lowest BCUT2D eigenvalue weighted by Gasteiger charge is -2.07. The molecule has 6 nitrogen and oxygen atoms in total. The maximum Gasteiger partial charge on any atom is 0.154 e. The molecule has 0 aliphatic rings. The molecule has 2 heterocycles. The summed E-state index contributed by atoms with van der Waals surface area (Å²) in [5.41, 5.74) is 3.21. The van der Waals surface area contributed by atoms with Gasteiger partial charge in [-0.2, -0.15) is 0 Å². The summed E-state index contributed by atoms with van der Waals surface area (Å²) >= 11 is 0. The van der Waals surface area contributed by atoms with Crippen LogP contribution >= 0.6 is 0 Å². The first-order chi connectivity index (χ1) is 11.8.